The van der Waals surface area contributed by atoms with Gasteiger partial charge in [0.05, 0.1) is 12.9 Å². The van der Waals surface area contributed by atoms with Crippen LogP contribution in [0.4, 0.5) is 5.82 Å². The summed E-state index contributed by atoms with van der Waals surface area (Å²) in [4.78, 5) is 6.42. The van der Waals surface area contributed by atoms with Gasteiger partial charge in [0.25, 0.3) is 0 Å². The van der Waals surface area contributed by atoms with Gasteiger partial charge in [-0.15, -0.1) is 0 Å². The molecule has 2 heterocycles. The van der Waals surface area contributed by atoms with Crippen molar-refractivity contribution in [1.29, 1.82) is 0 Å². The topological polar surface area (TPSA) is 33.4 Å². The van der Waals surface area contributed by atoms with Gasteiger partial charge in [-0.1, -0.05) is 54.6 Å². The molecule has 3 aromatic rings. The van der Waals surface area contributed by atoms with Gasteiger partial charge in [-0.2, -0.15) is 5.10 Å². The summed E-state index contributed by atoms with van der Waals surface area (Å²) in [6.07, 6.45) is 3.92. The number of aliphatic imine (C=N–C) groups is 1. The standard InChI is InChI=1S/C19H18N4/c1-22-12-18-13-23(21-19(18)20-14-22)11-15-7-9-17(10-8-15)16-5-3-2-4-6-16/h2-10,13-14H,11-12H2,1H3. The van der Waals surface area contributed by atoms with Crippen LogP contribution in [0.3, 0.4) is 0 Å². The van der Waals surface area contributed by atoms with Gasteiger partial charge in [0, 0.05) is 25.4 Å². The Kier molecular flexibility index (Phi) is 3.42. The maximum absolute atomic E-state index is 4.55. The van der Waals surface area contributed by atoms with Gasteiger partial charge >= 0.3 is 0 Å². The number of nitrogens with zero attached hydrogens (tertiary/aromatic N) is 4. The third kappa shape index (κ3) is 2.88. The van der Waals surface area contributed by atoms with E-state index in [4.69, 9.17) is 0 Å². The predicted molar refractivity (Wildman–Crippen MR) is 92.8 cm³/mol. The van der Waals surface area contributed by atoms with E-state index >= 15 is 0 Å². The number of aromatic nitrogens is 2. The van der Waals surface area contributed by atoms with E-state index in [0.29, 0.717) is 0 Å². The lowest BCUT2D eigenvalue weighted by Crippen LogP contribution is -2.17. The van der Waals surface area contributed by atoms with Crippen molar-refractivity contribution in [3.8, 4) is 11.1 Å². The molecule has 0 spiro atoms. The first-order chi connectivity index (χ1) is 11.3. The molecule has 4 nitrogen and oxygen atoms in total. The molecule has 0 amide bonds. The smallest absolute Gasteiger partial charge is 0.180 e. The van der Waals surface area contributed by atoms with Crippen molar-refractivity contribution < 1.29 is 0 Å². The van der Waals surface area contributed by atoms with E-state index in [0.717, 1.165) is 18.9 Å². The van der Waals surface area contributed by atoms with E-state index < -0.39 is 0 Å². The highest BCUT2D eigenvalue weighted by Crippen LogP contribution is 2.23. The number of hydrogen-bond donors (Lipinski definition) is 0. The average Bonchev–Trinajstić information content (AvgIpc) is 2.97. The zero-order chi connectivity index (χ0) is 15.6. The summed E-state index contributed by atoms with van der Waals surface area (Å²) in [6, 6.07) is 19.1. The Bertz CT molecular complexity index is 832. The molecular formula is C19H18N4. The molecule has 0 fully saturated rings. The van der Waals surface area contributed by atoms with Crippen LogP contribution >= 0.6 is 0 Å². The lowest BCUT2D eigenvalue weighted by atomic mass is 10.0. The third-order valence-electron chi connectivity index (χ3n) is 4.02. The SMILES string of the molecule is CN1C=Nc2nn(Cc3ccc(-c4ccccc4)cc3)cc2C1. The lowest BCUT2D eigenvalue weighted by Gasteiger charge is -2.15. The molecule has 0 N–H and O–H groups in total. The van der Waals surface area contributed by atoms with E-state index in [1.807, 2.05) is 24.1 Å². The Morgan fingerprint density at radius 1 is 0.957 bits per heavy atom. The van der Waals surface area contributed by atoms with E-state index in [-0.39, 0.29) is 0 Å². The van der Waals surface area contributed by atoms with Crippen LogP contribution in [0.1, 0.15) is 11.1 Å². The maximum Gasteiger partial charge on any atom is 0.180 e. The van der Waals surface area contributed by atoms with Crippen molar-refractivity contribution >= 4 is 12.2 Å². The van der Waals surface area contributed by atoms with Gasteiger partial charge in [0.15, 0.2) is 5.82 Å². The number of benzene rings is 2. The van der Waals surface area contributed by atoms with E-state index in [1.165, 1.54) is 22.3 Å². The van der Waals surface area contributed by atoms with E-state index in [1.54, 1.807) is 0 Å². The maximum atomic E-state index is 4.55. The zero-order valence-corrected chi connectivity index (χ0v) is 13.1. The molecule has 114 valence electrons. The van der Waals surface area contributed by atoms with Gasteiger partial charge in [0.2, 0.25) is 0 Å². The molecule has 0 atom stereocenters. The minimum absolute atomic E-state index is 0.765. The van der Waals surface area contributed by atoms with Crippen LogP contribution in [-0.4, -0.2) is 28.1 Å². The van der Waals surface area contributed by atoms with Crippen LogP contribution in [0.25, 0.3) is 11.1 Å². The van der Waals surface area contributed by atoms with Crippen LogP contribution in [-0.2, 0) is 13.1 Å². The van der Waals surface area contributed by atoms with E-state index in [9.17, 15) is 0 Å². The predicted octanol–water partition coefficient (Wildman–Crippen LogP) is 3.70. The van der Waals surface area contributed by atoms with Crippen LogP contribution in [0.5, 0.6) is 0 Å². The first kappa shape index (κ1) is 13.8. The van der Waals surface area contributed by atoms with Gasteiger partial charge in [-0.3, -0.25) is 4.68 Å². The second-order valence-corrected chi connectivity index (χ2v) is 5.90. The molecule has 1 aliphatic rings. The first-order valence-corrected chi connectivity index (χ1v) is 7.73. The van der Waals surface area contributed by atoms with Crippen LogP contribution in [0.2, 0.25) is 0 Å². The van der Waals surface area contributed by atoms with Crippen molar-refractivity contribution in [1.82, 2.24) is 14.7 Å². The van der Waals surface area contributed by atoms with Crippen molar-refractivity contribution in [2.24, 2.45) is 4.99 Å². The normalized spacial score (nSPS) is 13.2. The third-order valence-corrected chi connectivity index (χ3v) is 4.02. The second-order valence-electron chi connectivity index (χ2n) is 5.90. The fourth-order valence-corrected chi connectivity index (χ4v) is 2.84. The molecule has 0 saturated heterocycles. The molecule has 0 unspecified atom stereocenters. The molecule has 4 heteroatoms. The van der Waals surface area contributed by atoms with Gasteiger partial charge < -0.3 is 4.90 Å². The highest BCUT2D eigenvalue weighted by atomic mass is 15.3. The lowest BCUT2D eigenvalue weighted by molar-refractivity contribution is 0.509. The number of hydrogen-bond acceptors (Lipinski definition) is 3. The Morgan fingerprint density at radius 3 is 2.48 bits per heavy atom. The average molecular weight is 302 g/mol. The van der Waals surface area contributed by atoms with Crippen molar-refractivity contribution in [2.75, 3.05) is 7.05 Å². The molecule has 4 rings (SSSR count). The monoisotopic (exact) mass is 302 g/mol. The van der Waals surface area contributed by atoms with Crippen LogP contribution < -0.4 is 0 Å². The molecule has 0 saturated carbocycles. The fourth-order valence-electron chi connectivity index (χ4n) is 2.84. The molecule has 0 radical (unpaired) electrons. The Balaban J connectivity index is 1.53. The minimum atomic E-state index is 0.765. The summed E-state index contributed by atoms with van der Waals surface area (Å²) in [6.45, 7) is 1.63. The minimum Gasteiger partial charge on any atom is -0.361 e. The molecule has 0 aliphatic carbocycles. The summed E-state index contributed by atoms with van der Waals surface area (Å²) in [5.74, 6) is 0.837. The molecule has 1 aromatic heterocycles. The molecule has 0 bridgehead atoms. The summed E-state index contributed by atoms with van der Waals surface area (Å²) in [7, 11) is 2.02. The van der Waals surface area contributed by atoms with Crippen molar-refractivity contribution in [3.05, 3.63) is 71.9 Å². The van der Waals surface area contributed by atoms with Crippen molar-refractivity contribution in [2.45, 2.75) is 13.1 Å². The highest BCUT2D eigenvalue weighted by molar-refractivity contribution is 5.64. The first-order valence-electron chi connectivity index (χ1n) is 7.73. The number of rotatable bonds is 3. The largest absolute Gasteiger partial charge is 0.361 e. The molecule has 1 aliphatic heterocycles. The van der Waals surface area contributed by atoms with Crippen LogP contribution in [0.15, 0.2) is 65.8 Å². The van der Waals surface area contributed by atoms with Crippen LogP contribution in [0, 0.1) is 0 Å². The quantitative estimate of drug-likeness (QED) is 0.739. The van der Waals surface area contributed by atoms with Gasteiger partial charge in [-0.05, 0) is 16.7 Å². The Hall–Kier alpha value is -2.88. The Morgan fingerprint density at radius 2 is 1.70 bits per heavy atom. The summed E-state index contributed by atoms with van der Waals surface area (Å²) in [5, 5.41) is 4.55. The number of fused-ring (bicyclic) bond motifs is 1. The highest BCUT2D eigenvalue weighted by Gasteiger charge is 2.13. The van der Waals surface area contributed by atoms with Gasteiger partial charge in [0.1, 0.15) is 0 Å². The summed E-state index contributed by atoms with van der Waals surface area (Å²) in [5.41, 5.74) is 4.89. The summed E-state index contributed by atoms with van der Waals surface area (Å²) >= 11 is 0. The fraction of sp³-hybridized carbons (Fsp3) is 0.158. The molecule has 23 heavy (non-hydrogen) atoms. The molecular weight excluding hydrogens is 284 g/mol. The second kappa shape index (κ2) is 5.72. The summed E-state index contributed by atoms with van der Waals surface area (Å²) < 4.78 is 1.97. The zero-order valence-electron chi connectivity index (χ0n) is 13.1. The van der Waals surface area contributed by atoms with Gasteiger partial charge in [-0.25, -0.2) is 4.99 Å². The molecule has 2 aromatic carbocycles. The van der Waals surface area contributed by atoms with Crippen molar-refractivity contribution in [3.63, 3.8) is 0 Å². The Labute approximate surface area is 135 Å². The van der Waals surface area contributed by atoms with E-state index in [2.05, 4.69) is 69.7 Å².